The first kappa shape index (κ1) is 17.4. The third-order valence-electron chi connectivity index (χ3n) is 4.06. The maximum Gasteiger partial charge on any atom is 0.329 e. The van der Waals surface area contributed by atoms with Gasteiger partial charge in [-0.3, -0.25) is 4.79 Å². The summed E-state index contributed by atoms with van der Waals surface area (Å²) in [6, 6.07) is 4.42. The molecule has 1 aliphatic heterocycles. The monoisotopic (exact) mass is 364 g/mol. The van der Waals surface area contributed by atoms with Crippen LogP contribution in [0.1, 0.15) is 51.5 Å². The minimum absolute atomic E-state index is 0.00101. The van der Waals surface area contributed by atoms with E-state index in [1.54, 1.807) is 12.1 Å². The lowest BCUT2D eigenvalue weighted by Crippen LogP contribution is -2.32. The van der Waals surface area contributed by atoms with E-state index in [1.807, 2.05) is 27.7 Å². The highest BCUT2D eigenvalue weighted by molar-refractivity contribution is 7.92. The molecule has 1 aromatic heterocycles. The van der Waals surface area contributed by atoms with Gasteiger partial charge in [0.05, 0.1) is 4.90 Å². The first-order chi connectivity index (χ1) is 11.6. The summed E-state index contributed by atoms with van der Waals surface area (Å²) >= 11 is 0. The predicted molar refractivity (Wildman–Crippen MR) is 91.9 cm³/mol. The number of nitrogens with zero attached hydrogens (tertiary/aromatic N) is 2. The molecule has 8 nitrogen and oxygen atoms in total. The van der Waals surface area contributed by atoms with Crippen molar-refractivity contribution >= 4 is 27.6 Å². The molecule has 0 saturated carbocycles. The first-order valence-corrected chi connectivity index (χ1v) is 9.37. The number of sulfonamides is 1. The molecule has 0 unspecified atom stereocenters. The second-order valence-electron chi connectivity index (χ2n) is 7.02. The molecule has 2 heterocycles. The Balaban J connectivity index is 1.94. The summed E-state index contributed by atoms with van der Waals surface area (Å²) in [6.07, 6.45) is 0.290. The highest BCUT2D eigenvalue weighted by atomic mass is 32.2. The molecule has 2 N–H and O–H groups in total. The van der Waals surface area contributed by atoms with Crippen LogP contribution in [0.5, 0.6) is 0 Å². The largest absolute Gasteiger partial charge is 0.407 e. The maximum absolute atomic E-state index is 12.6. The molecule has 0 radical (unpaired) electrons. The Morgan fingerprint density at radius 2 is 2.00 bits per heavy atom. The lowest BCUT2D eigenvalue weighted by molar-refractivity contribution is -0.117. The Morgan fingerprint density at radius 1 is 1.28 bits per heavy atom. The average molecular weight is 364 g/mol. The molecule has 0 fully saturated rings. The molecule has 2 aromatic rings. The Hall–Kier alpha value is -2.42. The number of benzene rings is 1. The molecule has 1 amide bonds. The van der Waals surface area contributed by atoms with Crippen LogP contribution in [0.15, 0.2) is 27.5 Å². The number of hydrogen-bond acceptors (Lipinski definition) is 6. The fraction of sp³-hybridized carbons (Fsp3) is 0.438. The van der Waals surface area contributed by atoms with Crippen molar-refractivity contribution < 1.29 is 17.6 Å². The molecule has 3 rings (SSSR count). The number of hydrogen-bond donors (Lipinski definition) is 2. The van der Waals surface area contributed by atoms with Crippen molar-refractivity contribution in [3.8, 4) is 0 Å². The van der Waals surface area contributed by atoms with E-state index in [1.165, 1.54) is 6.07 Å². The van der Waals surface area contributed by atoms with Gasteiger partial charge in [-0.05, 0) is 23.8 Å². The number of carbonyl (C=O) groups excluding carboxylic acids is 1. The lowest BCUT2D eigenvalue weighted by Gasteiger charge is -2.32. The summed E-state index contributed by atoms with van der Waals surface area (Å²) in [5.74, 6) is 0.268. The van der Waals surface area contributed by atoms with Gasteiger partial charge in [0.1, 0.15) is 0 Å². The van der Waals surface area contributed by atoms with Crippen molar-refractivity contribution in [2.24, 2.45) is 0 Å². The number of anilines is 2. The van der Waals surface area contributed by atoms with Gasteiger partial charge in [-0.2, -0.15) is 0 Å². The highest BCUT2D eigenvalue weighted by Gasteiger charge is 2.33. The van der Waals surface area contributed by atoms with Gasteiger partial charge in [-0.15, -0.1) is 5.10 Å². The van der Waals surface area contributed by atoms with Crippen molar-refractivity contribution in [2.75, 3.05) is 10.0 Å². The fourth-order valence-electron chi connectivity index (χ4n) is 2.73. The van der Waals surface area contributed by atoms with E-state index in [9.17, 15) is 13.2 Å². The van der Waals surface area contributed by atoms with Crippen molar-refractivity contribution in [3.63, 3.8) is 0 Å². The van der Waals surface area contributed by atoms with Crippen molar-refractivity contribution in [2.45, 2.75) is 50.3 Å². The van der Waals surface area contributed by atoms with E-state index >= 15 is 0 Å². The molecule has 0 spiro atoms. The van der Waals surface area contributed by atoms with E-state index in [0.717, 1.165) is 5.56 Å². The molecule has 0 aliphatic carbocycles. The second-order valence-corrected chi connectivity index (χ2v) is 8.70. The van der Waals surface area contributed by atoms with Crippen LogP contribution in [0.3, 0.4) is 0 Å². The summed E-state index contributed by atoms with van der Waals surface area (Å²) in [6.45, 7) is 7.54. The van der Waals surface area contributed by atoms with Crippen molar-refractivity contribution in [1.82, 2.24) is 10.2 Å². The molecule has 134 valence electrons. The van der Waals surface area contributed by atoms with E-state index < -0.39 is 15.4 Å². The molecule has 1 aromatic carbocycles. The first-order valence-electron chi connectivity index (χ1n) is 7.89. The van der Waals surface area contributed by atoms with Crippen LogP contribution in [0.2, 0.25) is 0 Å². The van der Waals surface area contributed by atoms with Gasteiger partial charge in [0.15, 0.2) is 0 Å². The molecular weight excluding hydrogens is 344 g/mol. The number of amides is 1. The molecule has 0 atom stereocenters. The van der Waals surface area contributed by atoms with Gasteiger partial charge in [0, 0.05) is 23.4 Å². The van der Waals surface area contributed by atoms with Gasteiger partial charge in [0.2, 0.25) is 11.8 Å². The number of aromatic nitrogens is 2. The molecule has 25 heavy (non-hydrogen) atoms. The zero-order valence-electron chi connectivity index (χ0n) is 14.5. The summed E-state index contributed by atoms with van der Waals surface area (Å²) < 4.78 is 32.8. The second kappa shape index (κ2) is 5.83. The maximum atomic E-state index is 12.6. The van der Waals surface area contributed by atoms with Gasteiger partial charge in [0.25, 0.3) is 10.0 Å². The van der Waals surface area contributed by atoms with Crippen molar-refractivity contribution in [1.29, 1.82) is 0 Å². The van der Waals surface area contributed by atoms with E-state index in [4.69, 9.17) is 4.42 Å². The fourth-order valence-corrected chi connectivity index (χ4v) is 3.68. The standard InChI is InChI=1S/C16H20N4O4S/c1-9(2)14-18-19-15(24-14)20-25(22,23)10-5-6-12-11(7-10)16(3,4)8-13(21)17-12/h5-7,9H,8H2,1-4H3,(H,17,21)(H,19,20). The van der Waals surface area contributed by atoms with E-state index in [0.29, 0.717) is 18.0 Å². The highest BCUT2D eigenvalue weighted by Crippen LogP contribution is 2.38. The molecule has 1 aliphatic rings. The Morgan fingerprint density at radius 3 is 2.64 bits per heavy atom. The smallest absolute Gasteiger partial charge is 0.329 e. The molecule has 0 bridgehead atoms. The number of carbonyl (C=O) groups is 1. The lowest BCUT2D eigenvalue weighted by atomic mass is 9.78. The van der Waals surface area contributed by atoms with Crippen LogP contribution < -0.4 is 10.0 Å². The quantitative estimate of drug-likeness (QED) is 0.862. The Labute approximate surface area is 146 Å². The third kappa shape index (κ3) is 3.37. The van der Waals surface area contributed by atoms with Crippen LogP contribution in [0.4, 0.5) is 11.7 Å². The van der Waals surface area contributed by atoms with Crippen LogP contribution in [0, 0.1) is 0 Å². The Kier molecular flexibility index (Phi) is 4.06. The van der Waals surface area contributed by atoms with Crippen LogP contribution in [0.25, 0.3) is 0 Å². The zero-order valence-corrected chi connectivity index (χ0v) is 15.3. The summed E-state index contributed by atoms with van der Waals surface area (Å²) in [4.78, 5) is 11.8. The van der Waals surface area contributed by atoms with Gasteiger partial charge < -0.3 is 9.73 Å². The number of rotatable bonds is 4. The summed E-state index contributed by atoms with van der Waals surface area (Å²) in [7, 11) is -3.88. The normalized spacial score (nSPS) is 16.4. The average Bonchev–Trinajstić information content (AvgIpc) is 2.93. The van der Waals surface area contributed by atoms with Crippen molar-refractivity contribution in [3.05, 3.63) is 29.7 Å². The molecule has 0 saturated heterocycles. The topological polar surface area (TPSA) is 114 Å². The summed E-state index contributed by atoms with van der Waals surface area (Å²) in [5, 5.41) is 10.3. The zero-order chi connectivity index (χ0) is 18.4. The van der Waals surface area contributed by atoms with E-state index in [2.05, 4.69) is 20.2 Å². The van der Waals surface area contributed by atoms with Crippen LogP contribution >= 0.6 is 0 Å². The van der Waals surface area contributed by atoms with E-state index in [-0.39, 0.29) is 22.7 Å². The van der Waals surface area contributed by atoms with Crippen LogP contribution in [-0.4, -0.2) is 24.5 Å². The Bertz CT molecular complexity index is 931. The number of nitrogens with one attached hydrogen (secondary N) is 2. The molecular formula is C16H20N4O4S. The summed E-state index contributed by atoms with van der Waals surface area (Å²) in [5.41, 5.74) is 0.932. The third-order valence-corrected chi connectivity index (χ3v) is 5.38. The number of fused-ring (bicyclic) bond motifs is 1. The van der Waals surface area contributed by atoms with Gasteiger partial charge in [-0.25, -0.2) is 13.1 Å². The SMILES string of the molecule is CC(C)c1nnc(NS(=O)(=O)c2ccc3c(c2)C(C)(C)CC(=O)N3)o1. The predicted octanol–water partition coefficient (Wildman–Crippen LogP) is 2.61. The molecule has 9 heteroatoms. The van der Waals surface area contributed by atoms with Gasteiger partial charge >= 0.3 is 6.01 Å². The van der Waals surface area contributed by atoms with Gasteiger partial charge in [-0.1, -0.05) is 32.8 Å². The minimum atomic E-state index is -3.88. The van der Waals surface area contributed by atoms with Crippen LogP contribution in [-0.2, 0) is 20.2 Å². The minimum Gasteiger partial charge on any atom is -0.407 e.